The minimum atomic E-state index is -4.47. The highest BCUT2D eigenvalue weighted by molar-refractivity contribution is 5.41. The summed E-state index contributed by atoms with van der Waals surface area (Å²) in [4.78, 5) is 0. The molecule has 0 spiro atoms. The fourth-order valence-electron chi connectivity index (χ4n) is 1.71. The van der Waals surface area contributed by atoms with Gasteiger partial charge in [-0.05, 0) is 35.9 Å². The molecule has 0 atom stereocenters. The molecule has 0 aliphatic heterocycles. The average Bonchev–Trinajstić information content (AvgIpc) is 2.38. The van der Waals surface area contributed by atoms with E-state index < -0.39 is 17.5 Å². The van der Waals surface area contributed by atoms with Crippen molar-refractivity contribution >= 4 is 5.69 Å². The maximum Gasteiger partial charge on any atom is 0.416 e. The Bertz CT molecular complexity index is 570. The molecule has 0 saturated carbocycles. The highest BCUT2D eigenvalue weighted by Gasteiger charge is 2.31. The highest BCUT2D eigenvalue weighted by atomic mass is 19.4. The van der Waals surface area contributed by atoms with E-state index in [-0.39, 0.29) is 6.54 Å². The van der Waals surface area contributed by atoms with Gasteiger partial charge >= 0.3 is 6.18 Å². The smallest absolute Gasteiger partial charge is 0.416 e. The summed E-state index contributed by atoms with van der Waals surface area (Å²) in [5.41, 5.74) is 5.92. The number of hydrazine groups is 1. The van der Waals surface area contributed by atoms with Crippen LogP contribution in [-0.4, -0.2) is 5.11 Å². The second-order valence-electron chi connectivity index (χ2n) is 4.23. The van der Waals surface area contributed by atoms with Crippen molar-refractivity contribution in [2.75, 3.05) is 5.43 Å². The summed E-state index contributed by atoms with van der Waals surface area (Å²) in [6, 6.07) is 12.1. The second kappa shape index (κ2) is 5.83. The fourth-order valence-corrected chi connectivity index (χ4v) is 1.71. The zero-order valence-electron chi connectivity index (χ0n) is 10.4. The molecule has 6 heteroatoms. The number of anilines is 1. The van der Waals surface area contributed by atoms with Crippen LogP contribution in [0, 0.1) is 0 Å². The first kappa shape index (κ1) is 14.2. The van der Waals surface area contributed by atoms with Crippen LogP contribution in [0.25, 0.3) is 0 Å². The van der Waals surface area contributed by atoms with Gasteiger partial charge in [-0.15, -0.1) is 0 Å². The van der Waals surface area contributed by atoms with Crippen molar-refractivity contribution < 1.29 is 18.3 Å². The Hall–Kier alpha value is -2.21. The van der Waals surface area contributed by atoms with E-state index >= 15 is 0 Å². The van der Waals surface area contributed by atoms with Gasteiger partial charge in [-0.1, -0.05) is 18.2 Å². The molecule has 0 amide bonds. The molecular weight excluding hydrogens is 269 g/mol. The molecule has 0 aromatic heterocycles. The predicted octanol–water partition coefficient (Wildman–Crippen LogP) is 3.53. The summed E-state index contributed by atoms with van der Waals surface area (Å²) in [5.74, 6) is -0.406. The lowest BCUT2D eigenvalue weighted by Gasteiger charge is -2.12. The lowest BCUT2D eigenvalue weighted by atomic mass is 10.1. The molecule has 2 rings (SSSR count). The van der Waals surface area contributed by atoms with Crippen LogP contribution in [0.15, 0.2) is 48.5 Å². The quantitative estimate of drug-likeness (QED) is 0.752. The van der Waals surface area contributed by atoms with Gasteiger partial charge in [0.05, 0.1) is 5.56 Å². The summed E-state index contributed by atoms with van der Waals surface area (Å²) in [5, 5.41) is 9.33. The van der Waals surface area contributed by atoms with E-state index in [1.807, 2.05) is 30.3 Å². The summed E-state index contributed by atoms with van der Waals surface area (Å²) >= 11 is 0. The molecule has 0 saturated heterocycles. The van der Waals surface area contributed by atoms with Crippen molar-refractivity contribution in [2.45, 2.75) is 12.7 Å². The lowest BCUT2D eigenvalue weighted by Crippen LogP contribution is -2.21. The number of alkyl halides is 3. The Morgan fingerprint density at radius 2 is 1.70 bits per heavy atom. The monoisotopic (exact) mass is 282 g/mol. The Kier molecular flexibility index (Phi) is 4.14. The van der Waals surface area contributed by atoms with Gasteiger partial charge in [-0.25, -0.2) is 5.43 Å². The summed E-state index contributed by atoms with van der Waals surface area (Å²) in [6.07, 6.45) is -4.47. The number of aromatic hydroxyl groups is 1. The molecular formula is C14H13F3N2O. The number of para-hydroxylation sites is 1. The first-order chi connectivity index (χ1) is 9.45. The van der Waals surface area contributed by atoms with Crippen molar-refractivity contribution in [2.24, 2.45) is 0 Å². The van der Waals surface area contributed by atoms with Crippen LogP contribution in [0.5, 0.6) is 5.75 Å². The first-order valence-electron chi connectivity index (χ1n) is 5.89. The molecule has 20 heavy (non-hydrogen) atoms. The van der Waals surface area contributed by atoms with Crippen molar-refractivity contribution in [1.29, 1.82) is 0 Å². The van der Waals surface area contributed by atoms with E-state index in [9.17, 15) is 18.3 Å². The van der Waals surface area contributed by atoms with E-state index in [4.69, 9.17) is 0 Å². The third-order valence-corrected chi connectivity index (χ3v) is 2.60. The van der Waals surface area contributed by atoms with Crippen LogP contribution in [0.3, 0.4) is 0 Å². The molecule has 0 aliphatic carbocycles. The molecule has 2 aromatic rings. The van der Waals surface area contributed by atoms with Crippen molar-refractivity contribution in [3.8, 4) is 5.75 Å². The number of benzene rings is 2. The predicted molar refractivity (Wildman–Crippen MR) is 70.0 cm³/mol. The molecule has 0 fully saturated rings. The SMILES string of the molecule is Oc1cc(CNNc2ccccc2)cc(C(F)(F)F)c1. The number of hydrogen-bond donors (Lipinski definition) is 3. The van der Waals surface area contributed by atoms with E-state index in [0.29, 0.717) is 11.6 Å². The van der Waals surface area contributed by atoms with Gasteiger partial charge in [0.25, 0.3) is 0 Å². The van der Waals surface area contributed by atoms with Crippen LogP contribution < -0.4 is 10.9 Å². The van der Waals surface area contributed by atoms with Crippen LogP contribution in [0.1, 0.15) is 11.1 Å². The van der Waals surface area contributed by atoms with Crippen LogP contribution in [0.2, 0.25) is 0 Å². The minimum absolute atomic E-state index is 0.145. The van der Waals surface area contributed by atoms with Crippen LogP contribution in [0.4, 0.5) is 18.9 Å². The first-order valence-corrected chi connectivity index (χ1v) is 5.89. The van der Waals surface area contributed by atoms with Crippen molar-refractivity contribution in [3.63, 3.8) is 0 Å². The molecule has 0 aliphatic rings. The number of halogens is 3. The Morgan fingerprint density at radius 3 is 2.35 bits per heavy atom. The van der Waals surface area contributed by atoms with Gasteiger partial charge in [0.15, 0.2) is 0 Å². The largest absolute Gasteiger partial charge is 0.508 e. The zero-order chi connectivity index (χ0) is 14.6. The molecule has 3 nitrogen and oxygen atoms in total. The van der Waals surface area contributed by atoms with E-state index in [0.717, 1.165) is 11.8 Å². The lowest BCUT2D eigenvalue weighted by molar-refractivity contribution is -0.137. The number of rotatable bonds is 4. The summed E-state index contributed by atoms with van der Waals surface area (Å²) in [6.45, 7) is 0.145. The normalized spacial score (nSPS) is 11.3. The molecule has 2 aromatic carbocycles. The van der Waals surface area contributed by atoms with Gasteiger partial charge < -0.3 is 10.5 Å². The van der Waals surface area contributed by atoms with Gasteiger partial charge in [0.2, 0.25) is 0 Å². The number of phenolic OH excluding ortho intramolecular Hbond substituents is 1. The second-order valence-corrected chi connectivity index (χ2v) is 4.23. The van der Waals surface area contributed by atoms with Crippen LogP contribution >= 0.6 is 0 Å². The van der Waals surface area contributed by atoms with Gasteiger partial charge in [0.1, 0.15) is 5.75 Å². The third-order valence-electron chi connectivity index (χ3n) is 2.60. The summed E-state index contributed by atoms with van der Waals surface area (Å²) in [7, 11) is 0. The number of phenols is 1. The molecule has 106 valence electrons. The Morgan fingerprint density at radius 1 is 1.00 bits per heavy atom. The Balaban J connectivity index is 2.01. The minimum Gasteiger partial charge on any atom is -0.508 e. The zero-order valence-corrected chi connectivity index (χ0v) is 10.4. The van der Waals surface area contributed by atoms with Crippen molar-refractivity contribution in [1.82, 2.24) is 5.43 Å². The maximum absolute atomic E-state index is 12.6. The molecule has 0 radical (unpaired) electrons. The molecule has 0 heterocycles. The van der Waals surface area contributed by atoms with E-state index in [2.05, 4.69) is 10.9 Å². The molecule has 3 N–H and O–H groups in total. The number of nitrogens with one attached hydrogen (secondary N) is 2. The number of hydrogen-bond acceptors (Lipinski definition) is 3. The van der Waals surface area contributed by atoms with E-state index in [1.54, 1.807) is 0 Å². The summed E-state index contributed by atoms with van der Waals surface area (Å²) < 4.78 is 37.8. The topological polar surface area (TPSA) is 44.3 Å². The standard InChI is InChI=1S/C14H13F3N2O/c15-14(16,17)11-6-10(7-13(20)8-11)9-18-19-12-4-2-1-3-5-12/h1-8,18-20H,9H2. The van der Waals surface area contributed by atoms with Crippen LogP contribution in [-0.2, 0) is 12.7 Å². The third kappa shape index (κ3) is 3.89. The van der Waals surface area contributed by atoms with Gasteiger partial charge in [0, 0.05) is 12.2 Å². The van der Waals surface area contributed by atoms with Crippen molar-refractivity contribution in [3.05, 3.63) is 59.7 Å². The fraction of sp³-hybridized carbons (Fsp3) is 0.143. The molecule has 0 unspecified atom stereocenters. The maximum atomic E-state index is 12.6. The van der Waals surface area contributed by atoms with Gasteiger partial charge in [-0.3, -0.25) is 0 Å². The van der Waals surface area contributed by atoms with E-state index in [1.165, 1.54) is 6.07 Å². The average molecular weight is 282 g/mol. The molecule has 0 bridgehead atoms. The Labute approximate surface area is 114 Å². The highest BCUT2D eigenvalue weighted by Crippen LogP contribution is 2.32. The van der Waals surface area contributed by atoms with Gasteiger partial charge in [-0.2, -0.15) is 13.2 Å².